The molecule has 0 saturated heterocycles. The molecule has 5 nitrogen and oxygen atoms in total. The maximum Gasteiger partial charge on any atom is 0.196 e. The molecule has 19 heavy (non-hydrogen) atoms. The molecule has 0 bridgehead atoms. The lowest BCUT2D eigenvalue weighted by atomic mass is 10.1. The van der Waals surface area contributed by atoms with Crippen LogP contribution < -0.4 is 17.2 Å². The van der Waals surface area contributed by atoms with Gasteiger partial charge in [-0.15, -0.1) is 0 Å². The van der Waals surface area contributed by atoms with E-state index in [1.54, 1.807) is 0 Å². The van der Waals surface area contributed by atoms with Crippen molar-refractivity contribution < 1.29 is 0 Å². The molecule has 1 aromatic carbocycles. The highest BCUT2D eigenvalue weighted by Crippen LogP contribution is 2.32. The van der Waals surface area contributed by atoms with Gasteiger partial charge in [-0.25, -0.2) is 9.97 Å². The number of benzene rings is 1. The Morgan fingerprint density at radius 1 is 1.16 bits per heavy atom. The predicted molar refractivity (Wildman–Crippen MR) is 78.6 cm³/mol. The number of nitrogen functional groups attached to an aromatic ring is 2. The van der Waals surface area contributed by atoms with Crippen LogP contribution in [0.1, 0.15) is 24.9 Å². The highest BCUT2D eigenvalue weighted by Gasteiger charge is 2.11. The van der Waals surface area contributed by atoms with E-state index in [-0.39, 0.29) is 6.04 Å². The van der Waals surface area contributed by atoms with Crippen molar-refractivity contribution >= 4 is 23.4 Å². The van der Waals surface area contributed by atoms with Crippen molar-refractivity contribution in [2.45, 2.75) is 29.4 Å². The minimum Gasteiger partial charge on any atom is -0.383 e. The largest absolute Gasteiger partial charge is 0.383 e. The summed E-state index contributed by atoms with van der Waals surface area (Å²) in [5.74, 6) is 0.736. The molecule has 2 aromatic rings. The van der Waals surface area contributed by atoms with Gasteiger partial charge in [-0.2, -0.15) is 0 Å². The molecule has 6 N–H and O–H groups in total. The Balaban J connectivity index is 2.32. The van der Waals surface area contributed by atoms with Gasteiger partial charge in [0.05, 0.1) is 0 Å². The molecule has 0 spiro atoms. The summed E-state index contributed by atoms with van der Waals surface area (Å²) < 4.78 is 0. The number of nitrogens with zero attached hydrogens (tertiary/aromatic N) is 2. The Labute approximate surface area is 116 Å². The lowest BCUT2D eigenvalue weighted by Gasteiger charge is -2.13. The fraction of sp³-hybridized carbons (Fsp3) is 0.231. The molecule has 0 unspecified atom stereocenters. The molecule has 0 fully saturated rings. The normalized spacial score (nSPS) is 12.3. The van der Waals surface area contributed by atoms with Crippen molar-refractivity contribution in [3.8, 4) is 0 Å². The van der Waals surface area contributed by atoms with Crippen LogP contribution in [0, 0.1) is 0 Å². The van der Waals surface area contributed by atoms with Crippen LogP contribution in [-0.4, -0.2) is 9.97 Å². The van der Waals surface area contributed by atoms with Crippen molar-refractivity contribution in [2.24, 2.45) is 5.73 Å². The summed E-state index contributed by atoms with van der Waals surface area (Å²) in [4.78, 5) is 9.36. The highest BCUT2D eigenvalue weighted by atomic mass is 32.2. The molecule has 0 aliphatic rings. The third-order valence-electron chi connectivity index (χ3n) is 2.70. The summed E-state index contributed by atoms with van der Waals surface area (Å²) in [5, 5.41) is 0.535. The van der Waals surface area contributed by atoms with E-state index in [1.807, 2.05) is 24.3 Å². The second-order valence-electron chi connectivity index (χ2n) is 4.15. The van der Waals surface area contributed by atoms with E-state index < -0.39 is 0 Å². The number of rotatable bonds is 4. The molecular weight excluding hydrogens is 258 g/mol. The maximum atomic E-state index is 6.10. The fourth-order valence-electron chi connectivity index (χ4n) is 1.71. The van der Waals surface area contributed by atoms with Gasteiger partial charge >= 0.3 is 0 Å². The quantitative estimate of drug-likeness (QED) is 0.739. The van der Waals surface area contributed by atoms with Crippen molar-refractivity contribution in [2.75, 3.05) is 11.5 Å². The molecule has 0 amide bonds. The summed E-state index contributed by atoms with van der Waals surface area (Å²) >= 11 is 1.42. The van der Waals surface area contributed by atoms with E-state index in [1.165, 1.54) is 17.8 Å². The van der Waals surface area contributed by atoms with Crippen LogP contribution in [-0.2, 0) is 0 Å². The predicted octanol–water partition coefficient (Wildman–Crippen LogP) is 2.20. The number of anilines is 2. The fourth-order valence-corrected chi connectivity index (χ4v) is 2.69. The van der Waals surface area contributed by atoms with Crippen LogP contribution in [0.3, 0.4) is 0 Å². The van der Waals surface area contributed by atoms with Gasteiger partial charge in [0.2, 0.25) is 0 Å². The SMILES string of the molecule is CC[C@@H](N)c1ccccc1Sc1nc(N)cc(N)n1. The first kappa shape index (κ1) is 13.6. The Bertz CT molecular complexity index is 552. The summed E-state index contributed by atoms with van der Waals surface area (Å²) in [5.41, 5.74) is 18.5. The van der Waals surface area contributed by atoms with Crippen LogP contribution >= 0.6 is 11.8 Å². The zero-order chi connectivity index (χ0) is 13.8. The van der Waals surface area contributed by atoms with Crippen LogP contribution in [0.15, 0.2) is 40.4 Å². The molecule has 0 aliphatic heterocycles. The van der Waals surface area contributed by atoms with Crippen LogP contribution in [0.2, 0.25) is 0 Å². The lowest BCUT2D eigenvalue weighted by molar-refractivity contribution is 0.685. The van der Waals surface area contributed by atoms with Gasteiger partial charge in [0, 0.05) is 17.0 Å². The Morgan fingerprint density at radius 3 is 2.42 bits per heavy atom. The van der Waals surface area contributed by atoms with E-state index in [0.717, 1.165) is 16.9 Å². The van der Waals surface area contributed by atoms with Crippen molar-refractivity contribution in [3.05, 3.63) is 35.9 Å². The second-order valence-corrected chi connectivity index (χ2v) is 5.16. The molecule has 1 heterocycles. The Morgan fingerprint density at radius 2 is 1.79 bits per heavy atom. The first-order chi connectivity index (χ1) is 9.10. The molecule has 0 aliphatic carbocycles. The average molecular weight is 275 g/mol. The molecule has 1 aromatic heterocycles. The van der Waals surface area contributed by atoms with Gasteiger partial charge in [0.1, 0.15) is 11.6 Å². The summed E-state index contributed by atoms with van der Waals surface area (Å²) in [6.07, 6.45) is 0.873. The summed E-state index contributed by atoms with van der Waals surface area (Å²) in [7, 11) is 0. The topological polar surface area (TPSA) is 104 Å². The van der Waals surface area contributed by atoms with Crippen molar-refractivity contribution in [3.63, 3.8) is 0 Å². The zero-order valence-electron chi connectivity index (χ0n) is 10.7. The molecule has 2 rings (SSSR count). The first-order valence-electron chi connectivity index (χ1n) is 6.02. The molecular formula is C13H17N5S. The third kappa shape index (κ3) is 3.36. The maximum absolute atomic E-state index is 6.10. The average Bonchev–Trinajstić information content (AvgIpc) is 2.37. The standard InChI is InChI=1S/C13H17N5S/c1-2-9(14)8-5-3-4-6-10(8)19-13-17-11(15)7-12(16)18-13/h3-7,9H,2,14H2,1H3,(H4,15,16,17,18)/t9-/m1/s1. The van der Waals surface area contributed by atoms with E-state index in [2.05, 4.69) is 16.9 Å². The minimum absolute atomic E-state index is 0.00195. The van der Waals surface area contributed by atoms with E-state index in [0.29, 0.717) is 16.8 Å². The highest BCUT2D eigenvalue weighted by molar-refractivity contribution is 7.99. The molecule has 6 heteroatoms. The van der Waals surface area contributed by atoms with E-state index in [9.17, 15) is 0 Å². The second kappa shape index (κ2) is 5.90. The number of nitrogens with two attached hydrogens (primary N) is 3. The van der Waals surface area contributed by atoms with Crippen molar-refractivity contribution in [1.82, 2.24) is 9.97 Å². The summed E-state index contributed by atoms with van der Waals surface area (Å²) in [6, 6.07) is 9.49. The number of hydrogen-bond donors (Lipinski definition) is 3. The molecule has 100 valence electrons. The first-order valence-corrected chi connectivity index (χ1v) is 6.84. The monoisotopic (exact) mass is 275 g/mol. The number of aromatic nitrogens is 2. The lowest BCUT2D eigenvalue weighted by Crippen LogP contribution is -2.09. The third-order valence-corrected chi connectivity index (χ3v) is 3.66. The summed E-state index contributed by atoms with van der Waals surface area (Å²) in [6.45, 7) is 2.06. The Hall–Kier alpha value is -1.79. The van der Waals surface area contributed by atoms with Gasteiger partial charge in [-0.1, -0.05) is 25.1 Å². The Kier molecular flexibility index (Phi) is 4.24. The van der Waals surface area contributed by atoms with Gasteiger partial charge in [-0.05, 0) is 29.8 Å². The van der Waals surface area contributed by atoms with Gasteiger partial charge in [0.25, 0.3) is 0 Å². The minimum atomic E-state index is 0.00195. The zero-order valence-corrected chi connectivity index (χ0v) is 11.5. The van der Waals surface area contributed by atoms with E-state index >= 15 is 0 Å². The van der Waals surface area contributed by atoms with Gasteiger partial charge in [-0.3, -0.25) is 0 Å². The van der Waals surface area contributed by atoms with Gasteiger partial charge in [0.15, 0.2) is 5.16 Å². The molecule has 0 radical (unpaired) electrons. The van der Waals surface area contributed by atoms with E-state index in [4.69, 9.17) is 17.2 Å². The molecule has 0 saturated carbocycles. The smallest absolute Gasteiger partial charge is 0.196 e. The van der Waals surface area contributed by atoms with Crippen LogP contribution in [0.5, 0.6) is 0 Å². The molecule has 1 atom stereocenters. The number of hydrogen-bond acceptors (Lipinski definition) is 6. The van der Waals surface area contributed by atoms with Crippen LogP contribution in [0.25, 0.3) is 0 Å². The van der Waals surface area contributed by atoms with Crippen LogP contribution in [0.4, 0.5) is 11.6 Å². The van der Waals surface area contributed by atoms with Crippen molar-refractivity contribution in [1.29, 1.82) is 0 Å². The van der Waals surface area contributed by atoms with Gasteiger partial charge < -0.3 is 17.2 Å².